The maximum Gasteiger partial charge on any atom is 0.227 e. The highest BCUT2D eigenvalue weighted by Gasteiger charge is 2.32. The lowest BCUT2D eigenvalue weighted by molar-refractivity contribution is -0.131. The summed E-state index contributed by atoms with van der Waals surface area (Å²) in [5.74, 6) is -0.162. The third-order valence-electron chi connectivity index (χ3n) is 3.88. The SMILES string of the molecule is Nc1cccc(CC(=O)N(Cc2ccc(F)cc2)C2CC2)c1. The molecular weight excluding hydrogens is 279 g/mol. The molecule has 0 unspecified atom stereocenters. The van der Waals surface area contributed by atoms with Gasteiger partial charge in [-0.1, -0.05) is 24.3 Å². The van der Waals surface area contributed by atoms with Gasteiger partial charge in [0, 0.05) is 18.3 Å². The Morgan fingerprint density at radius 1 is 1.14 bits per heavy atom. The van der Waals surface area contributed by atoms with Gasteiger partial charge >= 0.3 is 0 Å². The van der Waals surface area contributed by atoms with E-state index in [1.165, 1.54) is 12.1 Å². The van der Waals surface area contributed by atoms with Gasteiger partial charge in [0.15, 0.2) is 0 Å². The summed E-state index contributed by atoms with van der Waals surface area (Å²) in [5.41, 5.74) is 8.31. The monoisotopic (exact) mass is 298 g/mol. The first kappa shape index (κ1) is 14.6. The number of amides is 1. The molecule has 4 heteroatoms. The lowest BCUT2D eigenvalue weighted by Gasteiger charge is -2.23. The van der Waals surface area contributed by atoms with Crippen molar-refractivity contribution in [3.05, 3.63) is 65.5 Å². The highest BCUT2D eigenvalue weighted by molar-refractivity contribution is 5.79. The zero-order chi connectivity index (χ0) is 15.5. The van der Waals surface area contributed by atoms with Crippen LogP contribution >= 0.6 is 0 Å². The maximum atomic E-state index is 13.0. The Morgan fingerprint density at radius 2 is 1.86 bits per heavy atom. The summed E-state index contributed by atoms with van der Waals surface area (Å²) in [6, 6.07) is 14.1. The third-order valence-corrected chi connectivity index (χ3v) is 3.88. The van der Waals surface area contributed by atoms with Crippen LogP contribution in [0.3, 0.4) is 0 Å². The van der Waals surface area contributed by atoms with Gasteiger partial charge in [0.1, 0.15) is 5.82 Å². The standard InChI is InChI=1S/C18H19FN2O/c19-15-6-4-13(5-7-15)12-21(17-8-9-17)18(22)11-14-2-1-3-16(20)10-14/h1-7,10,17H,8-9,11-12,20H2. The summed E-state index contributed by atoms with van der Waals surface area (Å²) in [5, 5.41) is 0. The van der Waals surface area contributed by atoms with E-state index in [0.717, 1.165) is 24.0 Å². The number of nitrogens with zero attached hydrogens (tertiary/aromatic N) is 1. The molecule has 3 rings (SSSR count). The van der Waals surface area contributed by atoms with Crippen molar-refractivity contribution in [2.45, 2.75) is 31.8 Å². The van der Waals surface area contributed by atoms with Crippen LogP contribution in [0.5, 0.6) is 0 Å². The predicted molar refractivity (Wildman–Crippen MR) is 84.5 cm³/mol. The fraction of sp³-hybridized carbons (Fsp3) is 0.278. The number of halogens is 1. The van der Waals surface area contributed by atoms with Crippen molar-refractivity contribution in [2.75, 3.05) is 5.73 Å². The Balaban J connectivity index is 1.70. The molecule has 2 aromatic rings. The molecule has 0 aromatic heterocycles. The first-order valence-electron chi connectivity index (χ1n) is 7.50. The molecule has 0 radical (unpaired) electrons. The van der Waals surface area contributed by atoms with Gasteiger partial charge in [-0.25, -0.2) is 4.39 Å². The van der Waals surface area contributed by atoms with Gasteiger partial charge in [-0.05, 0) is 48.2 Å². The van der Waals surface area contributed by atoms with Crippen molar-refractivity contribution >= 4 is 11.6 Å². The molecule has 1 saturated carbocycles. The Morgan fingerprint density at radius 3 is 2.50 bits per heavy atom. The average Bonchev–Trinajstić information content (AvgIpc) is 3.31. The summed E-state index contributed by atoms with van der Waals surface area (Å²) in [6.07, 6.45) is 2.44. The molecule has 2 N–H and O–H groups in total. The van der Waals surface area contributed by atoms with Crippen LogP contribution in [0, 0.1) is 5.82 Å². The van der Waals surface area contributed by atoms with Crippen LogP contribution in [-0.2, 0) is 17.8 Å². The van der Waals surface area contributed by atoms with Crippen LogP contribution < -0.4 is 5.73 Å². The van der Waals surface area contributed by atoms with Crippen LogP contribution in [0.1, 0.15) is 24.0 Å². The first-order valence-corrected chi connectivity index (χ1v) is 7.50. The van der Waals surface area contributed by atoms with Crippen LogP contribution in [0.25, 0.3) is 0 Å². The molecule has 1 aliphatic rings. The van der Waals surface area contributed by atoms with E-state index in [0.29, 0.717) is 24.7 Å². The Bertz CT molecular complexity index is 665. The largest absolute Gasteiger partial charge is 0.399 e. The normalized spacial score (nSPS) is 13.9. The van der Waals surface area contributed by atoms with E-state index in [9.17, 15) is 9.18 Å². The highest BCUT2D eigenvalue weighted by atomic mass is 19.1. The summed E-state index contributed by atoms with van der Waals surface area (Å²) in [7, 11) is 0. The molecule has 0 aliphatic heterocycles. The van der Waals surface area contributed by atoms with E-state index in [1.807, 2.05) is 29.2 Å². The number of carbonyl (C=O) groups is 1. The van der Waals surface area contributed by atoms with Crippen LogP contribution in [0.4, 0.5) is 10.1 Å². The van der Waals surface area contributed by atoms with E-state index in [4.69, 9.17) is 5.73 Å². The molecule has 3 nitrogen and oxygen atoms in total. The molecule has 0 bridgehead atoms. The number of anilines is 1. The number of nitrogens with two attached hydrogens (primary N) is 1. The summed E-state index contributed by atoms with van der Waals surface area (Å²) >= 11 is 0. The molecule has 0 spiro atoms. The third kappa shape index (κ3) is 3.64. The van der Waals surface area contributed by atoms with Crippen molar-refractivity contribution in [2.24, 2.45) is 0 Å². The second-order valence-corrected chi connectivity index (χ2v) is 5.80. The molecule has 1 amide bonds. The second-order valence-electron chi connectivity index (χ2n) is 5.80. The molecule has 0 atom stereocenters. The summed E-state index contributed by atoms with van der Waals surface area (Å²) in [4.78, 5) is 14.5. The van der Waals surface area contributed by atoms with Crippen molar-refractivity contribution < 1.29 is 9.18 Å². The number of benzene rings is 2. The molecule has 22 heavy (non-hydrogen) atoms. The minimum atomic E-state index is -0.257. The van der Waals surface area contributed by atoms with Gasteiger partial charge in [-0.15, -0.1) is 0 Å². The minimum absolute atomic E-state index is 0.0948. The number of nitrogen functional groups attached to an aromatic ring is 1. The molecule has 0 saturated heterocycles. The van der Waals surface area contributed by atoms with E-state index in [-0.39, 0.29) is 11.7 Å². The van der Waals surface area contributed by atoms with Crippen molar-refractivity contribution in [3.63, 3.8) is 0 Å². The second kappa shape index (κ2) is 6.18. The maximum absolute atomic E-state index is 13.0. The van der Waals surface area contributed by atoms with Crippen molar-refractivity contribution in [3.8, 4) is 0 Å². The first-order chi connectivity index (χ1) is 10.6. The zero-order valence-electron chi connectivity index (χ0n) is 12.3. The summed E-state index contributed by atoms with van der Waals surface area (Å²) < 4.78 is 13.0. The highest BCUT2D eigenvalue weighted by Crippen LogP contribution is 2.29. The number of hydrogen-bond acceptors (Lipinski definition) is 2. The number of carbonyl (C=O) groups excluding carboxylic acids is 1. The van der Waals surface area contributed by atoms with E-state index in [1.54, 1.807) is 12.1 Å². The van der Waals surface area contributed by atoms with Gasteiger partial charge in [0.25, 0.3) is 0 Å². The predicted octanol–water partition coefficient (Wildman–Crippen LogP) is 3.14. The van der Waals surface area contributed by atoms with Crippen LogP contribution in [0.15, 0.2) is 48.5 Å². The molecule has 2 aromatic carbocycles. The number of rotatable bonds is 5. The van der Waals surface area contributed by atoms with Gasteiger partial charge in [-0.3, -0.25) is 4.79 Å². The molecular formula is C18H19FN2O. The quantitative estimate of drug-likeness (QED) is 0.862. The van der Waals surface area contributed by atoms with Gasteiger partial charge < -0.3 is 10.6 Å². The lowest BCUT2D eigenvalue weighted by atomic mass is 10.1. The van der Waals surface area contributed by atoms with Gasteiger partial charge in [0.05, 0.1) is 6.42 Å². The molecule has 0 heterocycles. The van der Waals surface area contributed by atoms with Crippen molar-refractivity contribution in [1.82, 2.24) is 4.90 Å². The van der Waals surface area contributed by atoms with E-state index >= 15 is 0 Å². The van der Waals surface area contributed by atoms with Crippen LogP contribution in [-0.4, -0.2) is 16.8 Å². The lowest BCUT2D eigenvalue weighted by Crippen LogP contribution is -2.33. The van der Waals surface area contributed by atoms with Crippen molar-refractivity contribution in [1.29, 1.82) is 0 Å². The Labute approximate surface area is 129 Å². The Kier molecular flexibility index (Phi) is 4.09. The van der Waals surface area contributed by atoms with Gasteiger partial charge in [-0.2, -0.15) is 0 Å². The molecule has 1 fully saturated rings. The fourth-order valence-corrected chi connectivity index (χ4v) is 2.57. The smallest absolute Gasteiger partial charge is 0.227 e. The average molecular weight is 298 g/mol. The molecule has 1 aliphatic carbocycles. The number of hydrogen-bond donors (Lipinski definition) is 1. The van der Waals surface area contributed by atoms with Crippen LogP contribution in [0.2, 0.25) is 0 Å². The summed E-state index contributed by atoms with van der Waals surface area (Å²) in [6.45, 7) is 0.534. The van der Waals surface area contributed by atoms with E-state index in [2.05, 4.69) is 0 Å². The zero-order valence-corrected chi connectivity index (χ0v) is 12.3. The fourth-order valence-electron chi connectivity index (χ4n) is 2.57. The Hall–Kier alpha value is -2.36. The minimum Gasteiger partial charge on any atom is -0.399 e. The van der Waals surface area contributed by atoms with Gasteiger partial charge in [0.2, 0.25) is 5.91 Å². The van der Waals surface area contributed by atoms with E-state index < -0.39 is 0 Å². The molecule has 114 valence electrons. The topological polar surface area (TPSA) is 46.3 Å².